The van der Waals surface area contributed by atoms with Crippen LogP contribution in [0, 0.1) is 0 Å². The number of hydrogen-bond acceptors (Lipinski definition) is 1. The van der Waals surface area contributed by atoms with E-state index in [1.807, 2.05) is 24.3 Å². The Morgan fingerprint density at radius 3 is 2.60 bits per heavy atom. The van der Waals surface area contributed by atoms with Crippen LogP contribution in [0.4, 0.5) is 0 Å². The van der Waals surface area contributed by atoms with Gasteiger partial charge in [-0.2, -0.15) is 0 Å². The number of aromatic nitrogens is 1. The molecule has 0 aliphatic heterocycles. The van der Waals surface area contributed by atoms with Crippen LogP contribution in [0.5, 0.6) is 0 Å². The van der Waals surface area contributed by atoms with Crippen molar-refractivity contribution in [3.8, 4) is 0 Å². The largest absolute Gasteiger partial charge is 0.328 e. The second-order valence-corrected chi connectivity index (χ2v) is 3.59. The van der Waals surface area contributed by atoms with E-state index >= 15 is 0 Å². The van der Waals surface area contributed by atoms with Gasteiger partial charge in [-0.15, -0.1) is 0 Å². The van der Waals surface area contributed by atoms with E-state index < -0.39 is 0 Å². The first kappa shape index (κ1) is 8.24. The summed E-state index contributed by atoms with van der Waals surface area (Å²) in [7, 11) is 0. The maximum absolute atomic E-state index is 11.3. The van der Waals surface area contributed by atoms with Crippen molar-refractivity contribution >= 4 is 21.5 Å². The van der Waals surface area contributed by atoms with Crippen LogP contribution in [0.15, 0.2) is 53.5 Å². The summed E-state index contributed by atoms with van der Waals surface area (Å²) >= 11 is 0. The predicted molar refractivity (Wildman–Crippen MR) is 62.1 cm³/mol. The summed E-state index contributed by atoms with van der Waals surface area (Å²) in [4.78, 5) is 14.0. The van der Waals surface area contributed by atoms with Crippen LogP contribution >= 0.6 is 0 Å². The molecule has 15 heavy (non-hydrogen) atoms. The number of H-pyrrole nitrogens is 1. The van der Waals surface area contributed by atoms with Gasteiger partial charge in [0.1, 0.15) is 0 Å². The van der Waals surface area contributed by atoms with Crippen molar-refractivity contribution < 1.29 is 0 Å². The van der Waals surface area contributed by atoms with Gasteiger partial charge in [0.2, 0.25) is 5.56 Å². The second kappa shape index (κ2) is 2.95. The monoisotopic (exact) mass is 195 g/mol. The lowest BCUT2D eigenvalue weighted by Gasteiger charge is -2.02. The SMILES string of the molecule is O=c1cc2c(ccc3ccccc32)c[nH]1. The molecule has 0 saturated carbocycles. The molecular weight excluding hydrogens is 186 g/mol. The number of rotatable bonds is 0. The number of pyridine rings is 1. The fraction of sp³-hybridized carbons (Fsp3) is 0. The van der Waals surface area contributed by atoms with Crippen LogP contribution in [0.3, 0.4) is 0 Å². The molecule has 0 aliphatic carbocycles. The summed E-state index contributed by atoms with van der Waals surface area (Å²) in [6, 6.07) is 13.8. The third-order valence-electron chi connectivity index (χ3n) is 2.65. The van der Waals surface area contributed by atoms with Gasteiger partial charge in [0, 0.05) is 12.3 Å². The van der Waals surface area contributed by atoms with Crippen LogP contribution in [-0.4, -0.2) is 4.98 Å². The predicted octanol–water partition coefficient (Wildman–Crippen LogP) is 2.68. The summed E-state index contributed by atoms with van der Waals surface area (Å²) in [6.45, 7) is 0. The smallest absolute Gasteiger partial charge is 0.248 e. The molecule has 3 rings (SSSR count). The van der Waals surface area contributed by atoms with Crippen LogP contribution in [0.25, 0.3) is 21.5 Å². The molecule has 1 aromatic heterocycles. The standard InChI is InChI=1S/C13H9NO/c15-13-7-12-10(8-14-13)6-5-9-3-1-2-4-11(9)12/h1-8H,(H,14,15). The Morgan fingerprint density at radius 1 is 0.867 bits per heavy atom. The van der Waals surface area contributed by atoms with Gasteiger partial charge in [-0.05, 0) is 21.5 Å². The molecule has 0 bridgehead atoms. The van der Waals surface area contributed by atoms with E-state index in [9.17, 15) is 4.79 Å². The van der Waals surface area contributed by atoms with E-state index in [0.717, 1.165) is 21.5 Å². The van der Waals surface area contributed by atoms with Gasteiger partial charge >= 0.3 is 0 Å². The highest BCUT2D eigenvalue weighted by atomic mass is 16.1. The molecule has 3 aromatic rings. The van der Waals surface area contributed by atoms with Crippen molar-refractivity contribution in [3.63, 3.8) is 0 Å². The fourth-order valence-electron chi connectivity index (χ4n) is 1.92. The zero-order chi connectivity index (χ0) is 10.3. The maximum Gasteiger partial charge on any atom is 0.248 e. The molecule has 1 N–H and O–H groups in total. The molecule has 2 nitrogen and oxygen atoms in total. The van der Waals surface area contributed by atoms with E-state index in [0.29, 0.717) is 0 Å². The zero-order valence-electron chi connectivity index (χ0n) is 8.03. The van der Waals surface area contributed by atoms with E-state index in [1.165, 1.54) is 0 Å². The first-order valence-corrected chi connectivity index (χ1v) is 4.85. The molecular formula is C13H9NO. The molecule has 0 unspecified atom stereocenters. The van der Waals surface area contributed by atoms with Crippen molar-refractivity contribution in [2.75, 3.05) is 0 Å². The Morgan fingerprint density at radius 2 is 1.67 bits per heavy atom. The van der Waals surface area contributed by atoms with Crippen LogP contribution in [-0.2, 0) is 0 Å². The average molecular weight is 195 g/mol. The Kier molecular flexibility index (Phi) is 1.62. The molecule has 0 atom stereocenters. The van der Waals surface area contributed by atoms with E-state index in [4.69, 9.17) is 0 Å². The van der Waals surface area contributed by atoms with Gasteiger partial charge in [-0.25, -0.2) is 0 Å². The summed E-state index contributed by atoms with van der Waals surface area (Å²) in [5.41, 5.74) is -0.0566. The average Bonchev–Trinajstić information content (AvgIpc) is 2.29. The number of benzene rings is 2. The normalized spacial score (nSPS) is 10.9. The lowest BCUT2D eigenvalue weighted by atomic mass is 10.0. The quantitative estimate of drug-likeness (QED) is 0.549. The first-order chi connectivity index (χ1) is 7.34. The van der Waals surface area contributed by atoms with Gasteiger partial charge in [-0.3, -0.25) is 4.79 Å². The minimum absolute atomic E-state index is 0.0566. The Balaban J connectivity index is 2.63. The van der Waals surface area contributed by atoms with Crippen LogP contribution in [0.1, 0.15) is 0 Å². The lowest BCUT2D eigenvalue weighted by Crippen LogP contribution is -2.01. The molecule has 2 aromatic carbocycles. The van der Waals surface area contributed by atoms with Crippen molar-refractivity contribution in [1.29, 1.82) is 0 Å². The highest BCUT2D eigenvalue weighted by Crippen LogP contribution is 2.22. The molecule has 0 saturated heterocycles. The fourth-order valence-corrected chi connectivity index (χ4v) is 1.92. The summed E-state index contributed by atoms with van der Waals surface area (Å²) in [6.07, 6.45) is 1.75. The van der Waals surface area contributed by atoms with Crippen molar-refractivity contribution in [2.45, 2.75) is 0 Å². The maximum atomic E-state index is 11.3. The van der Waals surface area contributed by atoms with Crippen LogP contribution < -0.4 is 5.56 Å². The lowest BCUT2D eigenvalue weighted by molar-refractivity contribution is 1.27. The Bertz CT molecular complexity index is 697. The molecule has 2 heteroatoms. The number of aromatic amines is 1. The first-order valence-electron chi connectivity index (χ1n) is 4.85. The van der Waals surface area contributed by atoms with Crippen molar-refractivity contribution in [1.82, 2.24) is 4.98 Å². The molecule has 0 amide bonds. The van der Waals surface area contributed by atoms with Crippen molar-refractivity contribution in [3.05, 3.63) is 59.0 Å². The van der Waals surface area contributed by atoms with Gasteiger partial charge in [0.05, 0.1) is 0 Å². The minimum Gasteiger partial charge on any atom is -0.328 e. The van der Waals surface area contributed by atoms with Gasteiger partial charge in [0.25, 0.3) is 0 Å². The Labute approximate surface area is 86.2 Å². The summed E-state index contributed by atoms with van der Waals surface area (Å²) in [5.74, 6) is 0. The second-order valence-electron chi connectivity index (χ2n) is 3.59. The molecule has 0 aliphatic rings. The summed E-state index contributed by atoms with van der Waals surface area (Å²) in [5, 5.41) is 4.36. The highest BCUT2D eigenvalue weighted by Gasteiger charge is 1.99. The molecule has 0 fully saturated rings. The van der Waals surface area contributed by atoms with Crippen molar-refractivity contribution in [2.24, 2.45) is 0 Å². The minimum atomic E-state index is -0.0566. The van der Waals surface area contributed by atoms with Gasteiger partial charge < -0.3 is 4.98 Å². The van der Waals surface area contributed by atoms with E-state index in [1.54, 1.807) is 12.3 Å². The number of fused-ring (bicyclic) bond motifs is 3. The topological polar surface area (TPSA) is 32.9 Å². The van der Waals surface area contributed by atoms with Gasteiger partial charge in [-0.1, -0.05) is 36.4 Å². The van der Waals surface area contributed by atoms with E-state index in [-0.39, 0.29) is 5.56 Å². The Hall–Kier alpha value is -2.09. The van der Waals surface area contributed by atoms with E-state index in [2.05, 4.69) is 17.1 Å². The number of nitrogens with one attached hydrogen (secondary N) is 1. The molecule has 0 radical (unpaired) electrons. The third-order valence-corrected chi connectivity index (χ3v) is 2.65. The molecule has 1 heterocycles. The molecule has 0 spiro atoms. The summed E-state index contributed by atoms with van der Waals surface area (Å²) < 4.78 is 0. The zero-order valence-corrected chi connectivity index (χ0v) is 8.03. The third kappa shape index (κ3) is 1.22. The highest BCUT2D eigenvalue weighted by molar-refractivity contribution is 6.06. The van der Waals surface area contributed by atoms with Gasteiger partial charge in [0.15, 0.2) is 0 Å². The molecule has 72 valence electrons. The number of hydrogen-bond donors (Lipinski definition) is 1. The van der Waals surface area contributed by atoms with Crippen LogP contribution in [0.2, 0.25) is 0 Å².